The van der Waals surface area contributed by atoms with Gasteiger partial charge in [-0.1, -0.05) is 42.5 Å². The molecule has 1 aliphatic rings. The van der Waals surface area contributed by atoms with E-state index in [4.69, 9.17) is 4.42 Å². The average Bonchev–Trinajstić information content (AvgIpc) is 3.25. The zero-order chi connectivity index (χ0) is 17.1. The Hall–Kier alpha value is -2.66. The fourth-order valence-electron chi connectivity index (χ4n) is 3.30. The number of hydrogen-bond donors (Lipinski definition) is 1. The normalized spacial score (nSPS) is 15.8. The summed E-state index contributed by atoms with van der Waals surface area (Å²) in [5.41, 5.74) is 2.83. The van der Waals surface area contributed by atoms with Crippen molar-refractivity contribution in [3.05, 3.63) is 66.1 Å². The van der Waals surface area contributed by atoms with Crippen LogP contribution in [0.15, 0.2) is 59.0 Å². The molecule has 1 atom stereocenters. The third-order valence-electron chi connectivity index (χ3n) is 4.61. The van der Waals surface area contributed by atoms with Crippen molar-refractivity contribution in [1.82, 2.24) is 15.2 Å². The van der Waals surface area contributed by atoms with E-state index in [2.05, 4.69) is 22.4 Å². The van der Waals surface area contributed by atoms with Gasteiger partial charge in [0.15, 0.2) is 5.58 Å². The van der Waals surface area contributed by atoms with Crippen molar-refractivity contribution in [3.63, 3.8) is 0 Å². The third kappa shape index (κ3) is 3.56. The molecule has 1 aromatic heterocycles. The van der Waals surface area contributed by atoms with Gasteiger partial charge in [0, 0.05) is 19.5 Å². The number of benzene rings is 2. The highest BCUT2D eigenvalue weighted by atomic mass is 16.3. The maximum Gasteiger partial charge on any atom is 0.222 e. The minimum Gasteiger partial charge on any atom is -0.439 e. The van der Waals surface area contributed by atoms with Crippen LogP contribution in [0.5, 0.6) is 0 Å². The predicted molar refractivity (Wildman–Crippen MR) is 95.8 cm³/mol. The summed E-state index contributed by atoms with van der Waals surface area (Å²) in [6, 6.07) is 18.0. The molecule has 0 radical (unpaired) electrons. The second kappa shape index (κ2) is 7.07. The molecule has 1 saturated heterocycles. The number of hydrogen-bond acceptors (Lipinski definition) is 4. The summed E-state index contributed by atoms with van der Waals surface area (Å²) in [6.45, 7) is 2.03. The van der Waals surface area contributed by atoms with Crippen molar-refractivity contribution in [2.24, 2.45) is 0 Å². The number of aromatic nitrogens is 1. The monoisotopic (exact) mass is 335 g/mol. The topological polar surface area (TPSA) is 58.4 Å². The lowest BCUT2D eigenvalue weighted by Crippen LogP contribution is -2.35. The van der Waals surface area contributed by atoms with Crippen LogP contribution < -0.4 is 5.32 Å². The first kappa shape index (κ1) is 15.8. The average molecular weight is 335 g/mol. The summed E-state index contributed by atoms with van der Waals surface area (Å²) in [4.78, 5) is 18.5. The largest absolute Gasteiger partial charge is 0.439 e. The zero-order valence-corrected chi connectivity index (χ0v) is 14.0. The number of amides is 1. The smallest absolute Gasteiger partial charge is 0.222 e. The highest BCUT2D eigenvalue weighted by molar-refractivity contribution is 5.78. The molecule has 1 aliphatic heterocycles. The van der Waals surface area contributed by atoms with E-state index < -0.39 is 0 Å². The van der Waals surface area contributed by atoms with Crippen LogP contribution in [0.1, 0.15) is 30.3 Å². The van der Waals surface area contributed by atoms with Crippen LogP contribution >= 0.6 is 0 Å². The molecule has 5 heteroatoms. The fraction of sp³-hybridized carbons (Fsp3) is 0.300. The highest BCUT2D eigenvalue weighted by Gasteiger charge is 2.24. The summed E-state index contributed by atoms with van der Waals surface area (Å²) in [5, 5.41) is 3.51. The molecule has 128 valence electrons. The first-order chi connectivity index (χ1) is 12.3. The quantitative estimate of drug-likeness (QED) is 0.751. The molecule has 1 N–H and O–H groups in total. The third-order valence-corrected chi connectivity index (χ3v) is 4.61. The molecule has 0 aliphatic carbocycles. The van der Waals surface area contributed by atoms with Gasteiger partial charge >= 0.3 is 0 Å². The van der Waals surface area contributed by atoms with Crippen LogP contribution in [0, 0.1) is 0 Å². The first-order valence-corrected chi connectivity index (χ1v) is 8.70. The van der Waals surface area contributed by atoms with Crippen molar-refractivity contribution in [3.8, 4) is 0 Å². The molecule has 2 aromatic carbocycles. The van der Waals surface area contributed by atoms with Crippen LogP contribution in [-0.4, -0.2) is 28.9 Å². The lowest BCUT2D eigenvalue weighted by atomic mass is 10.1. The molecule has 2 heterocycles. The molecule has 1 amide bonds. The van der Waals surface area contributed by atoms with Crippen molar-refractivity contribution < 1.29 is 9.21 Å². The molecule has 0 spiro atoms. The van der Waals surface area contributed by atoms with Crippen LogP contribution in [0.25, 0.3) is 11.1 Å². The lowest BCUT2D eigenvalue weighted by Gasteiger charge is -2.24. The molecule has 0 bridgehead atoms. The van der Waals surface area contributed by atoms with E-state index in [-0.39, 0.29) is 11.9 Å². The molecule has 5 nitrogen and oxygen atoms in total. The van der Waals surface area contributed by atoms with Crippen LogP contribution in [-0.2, 0) is 11.3 Å². The van der Waals surface area contributed by atoms with E-state index in [0.29, 0.717) is 25.4 Å². The molecular weight excluding hydrogens is 314 g/mol. The Morgan fingerprint density at radius 1 is 1.12 bits per heavy atom. The molecule has 0 unspecified atom stereocenters. The summed E-state index contributed by atoms with van der Waals surface area (Å²) in [6.07, 6.45) is 1.61. The van der Waals surface area contributed by atoms with Gasteiger partial charge in [0.25, 0.3) is 0 Å². The van der Waals surface area contributed by atoms with Gasteiger partial charge in [0.2, 0.25) is 11.8 Å². The number of fused-ring (bicyclic) bond motifs is 1. The van der Waals surface area contributed by atoms with E-state index in [1.165, 1.54) is 5.56 Å². The number of rotatable bonds is 6. The van der Waals surface area contributed by atoms with Crippen LogP contribution in [0.2, 0.25) is 0 Å². The van der Waals surface area contributed by atoms with E-state index in [9.17, 15) is 4.79 Å². The number of nitrogens with zero attached hydrogens (tertiary/aromatic N) is 2. The molecule has 25 heavy (non-hydrogen) atoms. The van der Waals surface area contributed by atoms with Gasteiger partial charge in [-0.3, -0.25) is 10.1 Å². The molecular formula is C20H21N3O2. The van der Waals surface area contributed by atoms with Crippen LogP contribution in [0.3, 0.4) is 0 Å². The second-order valence-electron chi connectivity index (χ2n) is 6.36. The minimum absolute atomic E-state index is 0.0539. The minimum atomic E-state index is 0.0539. The second-order valence-corrected chi connectivity index (χ2v) is 6.36. The number of para-hydroxylation sites is 2. The summed E-state index contributed by atoms with van der Waals surface area (Å²) < 4.78 is 5.79. The maximum absolute atomic E-state index is 12.0. The van der Waals surface area contributed by atoms with Gasteiger partial charge in [-0.15, -0.1) is 0 Å². The fourth-order valence-corrected chi connectivity index (χ4v) is 3.30. The Labute approximate surface area is 146 Å². The molecule has 4 rings (SSSR count). The number of likely N-dealkylation sites (tertiary alicyclic amines) is 1. The van der Waals surface area contributed by atoms with Crippen LogP contribution in [0.4, 0.5) is 0 Å². The zero-order valence-electron chi connectivity index (χ0n) is 14.0. The molecule has 0 saturated carbocycles. The van der Waals surface area contributed by atoms with Crippen molar-refractivity contribution in [1.29, 1.82) is 0 Å². The van der Waals surface area contributed by atoms with Gasteiger partial charge in [-0.2, -0.15) is 0 Å². The van der Waals surface area contributed by atoms with E-state index in [1.807, 2.05) is 47.4 Å². The summed E-state index contributed by atoms with van der Waals surface area (Å²) >= 11 is 0. The Morgan fingerprint density at radius 2 is 1.92 bits per heavy atom. The van der Waals surface area contributed by atoms with E-state index in [1.54, 1.807) is 0 Å². The number of carbonyl (C=O) groups is 1. The molecule has 1 fully saturated rings. The van der Waals surface area contributed by atoms with Gasteiger partial charge < -0.3 is 9.32 Å². The number of carbonyl (C=O) groups excluding carboxylic acids is 1. The van der Waals surface area contributed by atoms with Gasteiger partial charge in [-0.25, -0.2) is 4.98 Å². The maximum atomic E-state index is 12.0. The standard InChI is InChI=1S/C20H21N3O2/c24-20-11-6-12-23(20)14-17(15-7-2-1-3-8-15)21-13-19-22-16-9-4-5-10-18(16)25-19/h1-5,7-10,17,21H,6,11-14H2/t17-/m1/s1. The van der Waals surface area contributed by atoms with Gasteiger partial charge in [0.1, 0.15) is 5.52 Å². The van der Waals surface area contributed by atoms with E-state index in [0.717, 1.165) is 24.1 Å². The van der Waals surface area contributed by atoms with Gasteiger partial charge in [0.05, 0.1) is 12.6 Å². The number of nitrogens with one attached hydrogen (secondary N) is 1. The Balaban J connectivity index is 1.50. The van der Waals surface area contributed by atoms with Crippen molar-refractivity contribution in [2.45, 2.75) is 25.4 Å². The highest BCUT2D eigenvalue weighted by Crippen LogP contribution is 2.20. The number of oxazole rings is 1. The Bertz CT molecular complexity index is 827. The molecule has 3 aromatic rings. The SMILES string of the molecule is O=C1CCCN1C[C@@H](NCc1nc2ccccc2o1)c1ccccc1. The van der Waals surface area contributed by atoms with E-state index >= 15 is 0 Å². The predicted octanol–water partition coefficient (Wildman–Crippen LogP) is 3.28. The lowest BCUT2D eigenvalue weighted by molar-refractivity contribution is -0.128. The summed E-state index contributed by atoms with van der Waals surface area (Å²) in [5.74, 6) is 0.902. The Kier molecular flexibility index (Phi) is 4.48. The van der Waals surface area contributed by atoms with Crippen molar-refractivity contribution >= 4 is 17.0 Å². The first-order valence-electron chi connectivity index (χ1n) is 8.70. The summed E-state index contributed by atoms with van der Waals surface area (Å²) in [7, 11) is 0. The Morgan fingerprint density at radius 3 is 2.68 bits per heavy atom. The van der Waals surface area contributed by atoms with Gasteiger partial charge in [-0.05, 0) is 24.1 Å². The van der Waals surface area contributed by atoms with Crippen molar-refractivity contribution in [2.75, 3.05) is 13.1 Å².